The van der Waals surface area contributed by atoms with E-state index in [2.05, 4.69) is 10.0 Å². The number of nitrogens with zero attached hydrogens (tertiary/aromatic N) is 1. The van der Waals surface area contributed by atoms with Crippen molar-refractivity contribution in [2.45, 2.75) is 77.0 Å². The second-order valence-electron chi connectivity index (χ2n) is 8.91. The van der Waals surface area contributed by atoms with Gasteiger partial charge in [0.1, 0.15) is 11.4 Å². The summed E-state index contributed by atoms with van der Waals surface area (Å²) in [5.41, 5.74) is -0.0811. The molecule has 0 aliphatic heterocycles. The number of benzene rings is 1. The van der Waals surface area contributed by atoms with E-state index in [1.54, 1.807) is 26.8 Å². The number of ether oxygens (including phenoxy) is 1. The van der Waals surface area contributed by atoms with E-state index in [1.165, 1.54) is 12.1 Å². The summed E-state index contributed by atoms with van der Waals surface area (Å²) in [5, 5.41) is 14.1. The number of anilines is 1. The van der Waals surface area contributed by atoms with Crippen LogP contribution in [0.1, 0.15) is 66.2 Å². The van der Waals surface area contributed by atoms with Gasteiger partial charge < -0.3 is 10.1 Å². The molecule has 0 heterocycles. The second-order valence-corrected chi connectivity index (χ2v) is 11.4. The summed E-state index contributed by atoms with van der Waals surface area (Å²) in [5.74, 6) is -0.222. The fourth-order valence-corrected chi connectivity index (χ4v) is 4.32. The number of amides is 1. The zero-order chi connectivity index (χ0) is 23.2. The molecule has 1 aromatic carbocycles. The predicted octanol–water partition coefficient (Wildman–Crippen LogP) is 3.99. The van der Waals surface area contributed by atoms with E-state index in [9.17, 15) is 23.3 Å². The highest BCUT2D eigenvalue weighted by Crippen LogP contribution is 2.32. The van der Waals surface area contributed by atoms with Crippen LogP contribution in [0.3, 0.4) is 0 Å². The first kappa shape index (κ1) is 25.1. The predicted molar refractivity (Wildman–Crippen MR) is 120 cm³/mol. The average Bonchev–Trinajstić information content (AvgIpc) is 2.68. The molecule has 1 aliphatic rings. The number of carbonyl (C=O) groups excluding carboxylic acids is 1. The molecular weight excluding hydrogens is 422 g/mol. The molecule has 31 heavy (non-hydrogen) atoms. The molecule has 1 fully saturated rings. The SMILES string of the molecule is CCCCOc1ccc(NC(=O)[C@H]2CC[C@H](NS(=O)(=O)C(C)(C)C)CC2)c([N+](=O)[O-])c1. The van der Waals surface area contributed by atoms with Crippen molar-refractivity contribution in [1.82, 2.24) is 4.72 Å². The lowest BCUT2D eigenvalue weighted by Gasteiger charge is -2.30. The highest BCUT2D eigenvalue weighted by Gasteiger charge is 2.34. The molecule has 1 saturated carbocycles. The zero-order valence-corrected chi connectivity index (χ0v) is 19.5. The smallest absolute Gasteiger partial charge is 0.296 e. The van der Waals surface area contributed by atoms with E-state index in [0.29, 0.717) is 38.0 Å². The van der Waals surface area contributed by atoms with Crippen molar-refractivity contribution >= 4 is 27.3 Å². The first-order valence-corrected chi connectivity index (χ1v) is 12.2. The van der Waals surface area contributed by atoms with Crippen molar-refractivity contribution in [3.63, 3.8) is 0 Å². The van der Waals surface area contributed by atoms with Crippen LogP contribution in [-0.4, -0.2) is 36.6 Å². The van der Waals surface area contributed by atoms with Crippen LogP contribution in [-0.2, 0) is 14.8 Å². The van der Waals surface area contributed by atoms with Crippen LogP contribution in [0, 0.1) is 16.0 Å². The van der Waals surface area contributed by atoms with Crippen LogP contribution in [0.5, 0.6) is 5.75 Å². The quantitative estimate of drug-likeness (QED) is 0.329. The molecule has 0 spiro atoms. The van der Waals surface area contributed by atoms with Crippen LogP contribution in [0.15, 0.2) is 18.2 Å². The number of hydrogen-bond donors (Lipinski definition) is 2. The number of unbranched alkanes of at least 4 members (excludes halogenated alkanes) is 1. The van der Waals surface area contributed by atoms with E-state index >= 15 is 0 Å². The van der Waals surface area contributed by atoms with E-state index in [4.69, 9.17) is 4.74 Å². The third-order valence-electron chi connectivity index (χ3n) is 5.42. The molecule has 1 amide bonds. The lowest BCUT2D eigenvalue weighted by atomic mass is 9.86. The Kier molecular flexibility index (Phi) is 8.41. The number of nitro benzene ring substituents is 1. The lowest BCUT2D eigenvalue weighted by molar-refractivity contribution is -0.384. The normalized spacial score (nSPS) is 19.6. The number of nitro groups is 1. The Balaban J connectivity index is 1.97. The van der Waals surface area contributed by atoms with Gasteiger partial charge in [-0.05, 0) is 65.0 Å². The van der Waals surface area contributed by atoms with Crippen molar-refractivity contribution in [3.05, 3.63) is 28.3 Å². The Morgan fingerprint density at radius 1 is 1.23 bits per heavy atom. The Bertz CT molecular complexity index is 887. The van der Waals surface area contributed by atoms with E-state index < -0.39 is 19.7 Å². The van der Waals surface area contributed by atoms with E-state index in [1.807, 2.05) is 6.92 Å². The summed E-state index contributed by atoms with van der Waals surface area (Å²) in [6.45, 7) is 7.42. The van der Waals surface area contributed by atoms with E-state index in [0.717, 1.165) is 12.8 Å². The Labute approximate surface area is 184 Å². The third kappa shape index (κ3) is 6.90. The number of carbonyl (C=O) groups is 1. The molecule has 0 atom stereocenters. The largest absolute Gasteiger partial charge is 0.493 e. The molecule has 174 valence electrons. The highest BCUT2D eigenvalue weighted by molar-refractivity contribution is 7.90. The number of sulfonamides is 1. The molecule has 9 nitrogen and oxygen atoms in total. The number of rotatable bonds is 9. The Morgan fingerprint density at radius 2 is 1.87 bits per heavy atom. The maximum atomic E-state index is 12.7. The summed E-state index contributed by atoms with van der Waals surface area (Å²) in [4.78, 5) is 23.6. The second kappa shape index (κ2) is 10.4. The van der Waals surface area contributed by atoms with Gasteiger partial charge in [0.2, 0.25) is 15.9 Å². The fraction of sp³-hybridized carbons (Fsp3) is 0.667. The summed E-state index contributed by atoms with van der Waals surface area (Å²) in [7, 11) is -3.45. The lowest BCUT2D eigenvalue weighted by Crippen LogP contribution is -2.46. The topological polar surface area (TPSA) is 128 Å². The van der Waals surface area contributed by atoms with Crippen molar-refractivity contribution in [3.8, 4) is 5.75 Å². The highest BCUT2D eigenvalue weighted by atomic mass is 32.2. The van der Waals surface area contributed by atoms with Gasteiger partial charge in [-0.3, -0.25) is 14.9 Å². The minimum absolute atomic E-state index is 0.133. The van der Waals surface area contributed by atoms with Gasteiger partial charge in [0.15, 0.2) is 0 Å². The minimum atomic E-state index is -3.45. The van der Waals surface area contributed by atoms with Gasteiger partial charge in [0.05, 0.1) is 22.3 Å². The maximum absolute atomic E-state index is 12.7. The standard InChI is InChI=1S/C21H33N3O6S/c1-5-6-13-30-17-11-12-18(19(14-17)24(26)27)22-20(25)15-7-9-16(10-8-15)23-31(28,29)21(2,3)4/h11-12,14-16,23H,5-10,13H2,1-4H3,(H,22,25)/t15-,16-. The molecular formula is C21H33N3O6S. The zero-order valence-electron chi connectivity index (χ0n) is 18.6. The molecule has 0 radical (unpaired) electrons. The minimum Gasteiger partial charge on any atom is -0.493 e. The summed E-state index contributed by atoms with van der Waals surface area (Å²) in [6.07, 6.45) is 3.90. The Morgan fingerprint density at radius 3 is 2.42 bits per heavy atom. The van der Waals surface area contributed by atoms with Gasteiger partial charge >= 0.3 is 0 Å². The number of nitrogens with one attached hydrogen (secondary N) is 2. The van der Waals surface area contributed by atoms with Crippen LogP contribution < -0.4 is 14.8 Å². The molecule has 0 bridgehead atoms. The van der Waals surface area contributed by atoms with Gasteiger partial charge in [0.25, 0.3) is 5.69 Å². The molecule has 10 heteroatoms. The maximum Gasteiger partial charge on any atom is 0.296 e. The first-order valence-electron chi connectivity index (χ1n) is 10.7. The molecule has 2 rings (SSSR count). The monoisotopic (exact) mass is 455 g/mol. The average molecular weight is 456 g/mol. The van der Waals surface area contributed by atoms with Crippen LogP contribution in [0.2, 0.25) is 0 Å². The summed E-state index contributed by atoms with van der Waals surface area (Å²) >= 11 is 0. The van der Waals surface area contributed by atoms with Gasteiger partial charge in [-0.25, -0.2) is 13.1 Å². The molecule has 0 unspecified atom stereocenters. The van der Waals surface area contributed by atoms with Gasteiger partial charge in [-0.1, -0.05) is 13.3 Å². The van der Waals surface area contributed by atoms with Crippen LogP contribution >= 0.6 is 0 Å². The number of hydrogen-bond acceptors (Lipinski definition) is 6. The molecule has 2 N–H and O–H groups in total. The molecule has 0 aromatic heterocycles. The summed E-state index contributed by atoms with van der Waals surface area (Å²) in [6, 6.07) is 4.21. The molecule has 1 aromatic rings. The van der Waals surface area contributed by atoms with Crippen molar-refractivity contribution in [2.75, 3.05) is 11.9 Å². The molecule has 1 aliphatic carbocycles. The fourth-order valence-electron chi connectivity index (χ4n) is 3.30. The van der Waals surface area contributed by atoms with E-state index in [-0.39, 0.29) is 29.2 Å². The molecule has 0 saturated heterocycles. The van der Waals surface area contributed by atoms with Crippen LogP contribution in [0.4, 0.5) is 11.4 Å². The Hall–Kier alpha value is -2.20. The van der Waals surface area contributed by atoms with Crippen LogP contribution in [0.25, 0.3) is 0 Å². The summed E-state index contributed by atoms with van der Waals surface area (Å²) < 4.78 is 32.0. The van der Waals surface area contributed by atoms with Crippen molar-refractivity contribution in [1.29, 1.82) is 0 Å². The van der Waals surface area contributed by atoms with Gasteiger partial charge in [-0.15, -0.1) is 0 Å². The van der Waals surface area contributed by atoms with Crippen molar-refractivity contribution in [2.24, 2.45) is 5.92 Å². The first-order chi connectivity index (χ1) is 14.4. The van der Waals surface area contributed by atoms with Gasteiger partial charge in [-0.2, -0.15) is 0 Å². The third-order valence-corrected chi connectivity index (χ3v) is 7.67. The van der Waals surface area contributed by atoms with Crippen molar-refractivity contribution < 1.29 is 22.9 Å². The van der Waals surface area contributed by atoms with Gasteiger partial charge in [0, 0.05) is 12.0 Å².